The van der Waals surface area contributed by atoms with Gasteiger partial charge < -0.3 is 10.4 Å². The highest BCUT2D eigenvalue weighted by Crippen LogP contribution is 2.38. The summed E-state index contributed by atoms with van der Waals surface area (Å²) >= 11 is 0. The van der Waals surface area contributed by atoms with E-state index in [4.69, 9.17) is 5.26 Å². The lowest BCUT2D eigenvalue weighted by molar-refractivity contribution is 0.0785. The van der Waals surface area contributed by atoms with Crippen molar-refractivity contribution in [3.8, 4) is 6.19 Å². The van der Waals surface area contributed by atoms with Gasteiger partial charge in [-0.15, -0.1) is 0 Å². The van der Waals surface area contributed by atoms with Crippen LogP contribution in [0.3, 0.4) is 0 Å². The molecule has 0 bridgehead atoms. The highest BCUT2D eigenvalue weighted by Gasteiger charge is 2.26. The molecular weight excluding hydrogens is 412 g/mol. The number of nitriles is 1. The van der Waals surface area contributed by atoms with E-state index >= 15 is 0 Å². The molecule has 3 N–H and O–H groups in total. The summed E-state index contributed by atoms with van der Waals surface area (Å²) in [4.78, 5) is 13.1. The molecule has 1 atom stereocenters. The Morgan fingerprint density at radius 3 is 2.19 bits per heavy atom. The molecule has 2 aliphatic carbocycles. The SMILES string of the molecule is CC(C)(O)c1ccc(S(=O)(=NC#N)NC(=O)Nc2c3c(cc4c2CCC4)CCC3)cc1. The number of carbonyl (C=O) groups excluding carboxylic acids is 1. The first-order chi connectivity index (χ1) is 14.7. The number of fused-ring (bicyclic) bond motifs is 2. The van der Waals surface area contributed by atoms with E-state index in [0.717, 1.165) is 55.3 Å². The first-order valence-corrected chi connectivity index (χ1v) is 12.0. The number of benzene rings is 2. The largest absolute Gasteiger partial charge is 0.386 e. The quantitative estimate of drug-likeness (QED) is 0.627. The van der Waals surface area contributed by atoms with E-state index < -0.39 is 21.5 Å². The van der Waals surface area contributed by atoms with Crippen molar-refractivity contribution in [3.05, 3.63) is 58.1 Å². The van der Waals surface area contributed by atoms with Gasteiger partial charge in [-0.3, -0.25) is 0 Å². The van der Waals surface area contributed by atoms with Crippen molar-refractivity contribution >= 4 is 21.6 Å². The summed E-state index contributed by atoms with van der Waals surface area (Å²) in [5.41, 5.74) is 5.26. The highest BCUT2D eigenvalue weighted by atomic mass is 32.2. The first-order valence-electron chi connectivity index (χ1n) is 10.4. The molecule has 0 spiro atoms. The van der Waals surface area contributed by atoms with E-state index in [2.05, 4.69) is 20.5 Å². The van der Waals surface area contributed by atoms with Gasteiger partial charge in [0.2, 0.25) is 6.19 Å². The van der Waals surface area contributed by atoms with Gasteiger partial charge in [0.25, 0.3) is 0 Å². The third-order valence-electron chi connectivity index (χ3n) is 5.99. The number of aliphatic hydroxyl groups is 1. The summed E-state index contributed by atoms with van der Waals surface area (Å²) in [5.74, 6) is 0. The molecule has 2 aliphatic rings. The highest BCUT2D eigenvalue weighted by molar-refractivity contribution is 7.92. The van der Waals surface area contributed by atoms with Crippen molar-refractivity contribution in [2.75, 3.05) is 5.32 Å². The number of urea groups is 1. The number of anilines is 1. The van der Waals surface area contributed by atoms with Crippen LogP contribution in [-0.2, 0) is 41.2 Å². The Labute approximate surface area is 182 Å². The summed E-state index contributed by atoms with van der Waals surface area (Å²) in [5, 5.41) is 22.1. The van der Waals surface area contributed by atoms with Gasteiger partial charge in [0.05, 0.1) is 10.5 Å². The van der Waals surface area contributed by atoms with Gasteiger partial charge in [-0.1, -0.05) is 22.6 Å². The zero-order valence-corrected chi connectivity index (χ0v) is 18.5. The van der Waals surface area contributed by atoms with Gasteiger partial charge in [0.15, 0.2) is 9.92 Å². The van der Waals surface area contributed by atoms with Crippen LogP contribution in [0.2, 0.25) is 0 Å². The predicted molar refractivity (Wildman–Crippen MR) is 119 cm³/mol. The summed E-state index contributed by atoms with van der Waals surface area (Å²) in [7, 11) is -3.51. The lowest BCUT2D eigenvalue weighted by Crippen LogP contribution is -2.34. The zero-order chi connectivity index (χ0) is 22.2. The van der Waals surface area contributed by atoms with Gasteiger partial charge >= 0.3 is 6.03 Å². The number of hydrogen-bond donors (Lipinski definition) is 3. The lowest BCUT2D eigenvalue weighted by Gasteiger charge is -2.19. The number of carbonyl (C=O) groups is 1. The Balaban J connectivity index is 1.62. The molecule has 0 saturated carbocycles. The zero-order valence-electron chi connectivity index (χ0n) is 17.7. The minimum absolute atomic E-state index is 0.195. The molecule has 0 radical (unpaired) electrons. The van der Waals surface area contributed by atoms with Crippen LogP contribution < -0.4 is 10.0 Å². The minimum Gasteiger partial charge on any atom is -0.386 e. The van der Waals surface area contributed by atoms with Crippen LogP contribution in [0.1, 0.15) is 54.5 Å². The Hall–Kier alpha value is -2.89. The van der Waals surface area contributed by atoms with E-state index in [9.17, 15) is 14.1 Å². The standard InChI is InChI=1S/C23H26N4O3S/c1-23(2,29)17-9-11-18(12-10-17)31(30,25-14-24)27-22(28)26-21-19-7-3-5-15(19)13-16-6-4-8-20(16)21/h9-13,29H,3-8H2,1-2H3,(H2,25,26,27,28,30). The number of aryl methyl sites for hydroxylation is 2. The second-order valence-corrected chi connectivity index (χ2v) is 10.5. The van der Waals surface area contributed by atoms with Gasteiger partial charge in [0, 0.05) is 5.69 Å². The van der Waals surface area contributed by atoms with Gasteiger partial charge in [-0.25, -0.2) is 13.7 Å². The number of amides is 2. The van der Waals surface area contributed by atoms with Crippen molar-refractivity contribution < 1.29 is 14.1 Å². The minimum atomic E-state index is -3.51. The molecule has 0 fully saturated rings. The molecule has 8 heteroatoms. The fourth-order valence-electron chi connectivity index (χ4n) is 4.47. The Bertz CT molecular complexity index is 1170. The average Bonchev–Trinajstić information content (AvgIpc) is 3.36. The lowest BCUT2D eigenvalue weighted by atomic mass is 9.99. The number of rotatable bonds is 4. The molecule has 0 saturated heterocycles. The molecule has 162 valence electrons. The normalized spacial score (nSPS) is 16.6. The third kappa shape index (κ3) is 4.16. The molecule has 2 amide bonds. The van der Waals surface area contributed by atoms with Crippen molar-refractivity contribution in [1.82, 2.24) is 4.72 Å². The molecule has 0 heterocycles. The van der Waals surface area contributed by atoms with E-state index in [0.29, 0.717) is 5.56 Å². The van der Waals surface area contributed by atoms with Crippen LogP contribution in [0.15, 0.2) is 39.6 Å². The van der Waals surface area contributed by atoms with Crippen molar-refractivity contribution in [3.63, 3.8) is 0 Å². The first kappa shape index (κ1) is 21.3. The summed E-state index contributed by atoms with van der Waals surface area (Å²) in [6, 6.07) is 7.86. The van der Waals surface area contributed by atoms with E-state index in [-0.39, 0.29) is 4.90 Å². The second-order valence-electron chi connectivity index (χ2n) is 8.59. The topological polar surface area (TPSA) is 115 Å². The molecule has 2 aromatic rings. The molecule has 1 unspecified atom stereocenters. The number of nitrogens with one attached hydrogen (secondary N) is 2. The maximum absolute atomic E-state index is 13.4. The maximum atomic E-state index is 13.4. The maximum Gasteiger partial charge on any atom is 0.331 e. The van der Waals surface area contributed by atoms with Crippen LogP contribution in [0, 0.1) is 11.5 Å². The van der Waals surface area contributed by atoms with Gasteiger partial charge in [-0.2, -0.15) is 5.26 Å². The number of hydrogen-bond acceptors (Lipinski definition) is 5. The van der Waals surface area contributed by atoms with Gasteiger partial charge in [-0.05, 0) is 92.3 Å². The Morgan fingerprint density at radius 2 is 1.68 bits per heavy atom. The molecule has 31 heavy (non-hydrogen) atoms. The molecule has 2 aromatic carbocycles. The van der Waals surface area contributed by atoms with Gasteiger partial charge in [0.1, 0.15) is 0 Å². The number of nitrogens with zero attached hydrogens (tertiary/aromatic N) is 2. The summed E-state index contributed by atoms with van der Waals surface area (Å²) in [6.45, 7) is 3.28. The van der Waals surface area contributed by atoms with Crippen LogP contribution in [-0.4, -0.2) is 15.3 Å². The van der Waals surface area contributed by atoms with E-state index in [1.807, 2.05) is 0 Å². The second kappa shape index (κ2) is 7.98. The molecule has 0 aliphatic heterocycles. The van der Waals surface area contributed by atoms with Crippen molar-refractivity contribution in [2.24, 2.45) is 4.36 Å². The van der Waals surface area contributed by atoms with Crippen LogP contribution in [0.5, 0.6) is 0 Å². The fraction of sp³-hybridized carbons (Fsp3) is 0.391. The van der Waals surface area contributed by atoms with Crippen molar-refractivity contribution in [2.45, 2.75) is 62.9 Å². The molecule has 7 nitrogen and oxygen atoms in total. The monoisotopic (exact) mass is 438 g/mol. The van der Waals surface area contributed by atoms with Crippen LogP contribution >= 0.6 is 0 Å². The predicted octanol–water partition coefficient (Wildman–Crippen LogP) is 3.94. The molecular formula is C23H26N4O3S. The fourth-order valence-corrected chi connectivity index (χ4v) is 5.66. The average molecular weight is 439 g/mol. The molecule has 0 aromatic heterocycles. The Morgan fingerprint density at radius 1 is 1.10 bits per heavy atom. The van der Waals surface area contributed by atoms with E-state index in [1.54, 1.807) is 32.2 Å². The van der Waals surface area contributed by atoms with Crippen LogP contribution in [0.4, 0.5) is 10.5 Å². The summed E-state index contributed by atoms with van der Waals surface area (Å²) in [6.07, 6.45) is 7.51. The molecule has 4 rings (SSSR count). The Kier molecular flexibility index (Phi) is 5.50. The smallest absolute Gasteiger partial charge is 0.331 e. The summed E-state index contributed by atoms with van der Waals surface area (Å²) < 4.78 is 19.4. The van der Waals surface area contributed by atoms with Crippen molar-refractivity contribution in [1.29, 1.82) is 5.26 Å². The third-order valence-corrected chi connectivity index (χ3v) is 7.70. The van der Waals surface area contributed by atoms with Crippen LogP contribution in [0.25, 0.3) is 0 Å². The van der Waals surface area contributed by atoms with E-state index in [1.165, 1.54) is 23.3 Å².